The van der Waals surface area contributed by atoms with Crippen molar-refractivity contribution in [3.8, 4) is 5.75 Å². The Labute approximate surface area is 132 Å². The Morgan fingerprint density at radius 1 is 1.32 bits per heavy atom. The van der Waals surface area contributed by atoms with Crippen molar-refractivity contribution in [1.82, 2.24) is 4.98 Å². The van der Waals surface area contributed by atoms with E-state index >= 15 is 0 Å². The maximum atomic E-state index is 11.9. The summed E-state index contributed by atoms with van der Waals surface area (Å²) in [5.74, 6) is 0.582. The van der Waals surface area contributed by atoms with Crippen molar-refractivity contribution in [3.63, 3.8) is 0 Å². The topological polar surface area (TPSA) is 51.2 Å². The SMILES string of the molecule is COc1ccc2cc(NC(=O)/C=C/c3cccs3)cnc2c1. The molecule has 0 saturated heterocycles. The van der Waals surface area contributed by atoms with Gasteiger partial charge in [-0.25, -0.2) is 0 Å². The number of ether oxygens (including phenoxy) is 1. The number of nitrogens with zero attached hydrogens (tertiary/aromatic N) is 1. The van der Waals surface area contributed by atoms with Crippen LogP contribution in [0.25, 0.3) is 17.0 Å². The third-order valence-corrected chi connectivity index (χ3v) is 3.94. The molecular weight excluding hydrogens is 296 g/mol. The molecule has 0 saturated carbocycles. The number of aromatic nitrogens is 1. The molecule has 1 N–H and O–H groups in total. The zero-order chi connectivity index (χ0) is 15.4. The smallest absolute Gasteiger partial charge is 0.248 e. The van der Waals surface area contributed by atoms with Crippen molar-refractivity contribution >= 4 is 39.9 Å². The molecule has 0 fully saturated rings. The van der Waals surface area contributed by atoms with Crippen molar-refractivity contribution in [2.45, 2.75) is 0 Å². The molecule has 3 aromatic rings. The second-order valence-electron chi connectivity index (χ2n) is 4.62. The van der Waals surface area contributed by atoms with E-state index in [4.69, 9.17) is 4.74 Å². The fourth-order valence-electron chi connectivity index (χ4n) is 2.02. The van der Waals surface area contributed by atoms with Crippen LogP contribution < -0.4 is 10.1 Å². The lowest BCUT2D eigenvalue weighted by molar-refractivity contribution is -0.111. The normalized spacial score (nSPS) is 11.0. The minimum atomic E-state index is -0.178. The average Bonchev–Trinajstić information content (AvgIpc) is 3.06. The predicted molar refractivity (Wildman–Crippen MR) is 90.3 cm³/mol. The van der Waals surface area contributed by atoms with Crippen molar-refractivity contribution < 1.29 is 9.53 Å². The summed E-state index contributed by atoms with van der Waals surface area (Å²) in [6.45, 7) is 0. The fraction of sp³-hybridized carbons (Fsp3) is 0.0588. The third-order valence-electron chi connectivity index (χ3n) is 3.10. The third kappa shape index (κ3) is 3.32. The van der Waals surface area contributed by atoms with Crippen molar-refractivity contribution in [3.05, 3.63) is 58.9 Å². The van der Waals surface area contributed by atoms with Gasteiger partial charge in [0.2, 0.25) is 5.91 Å². The van der Waals surface area contributed by atoms with Gasteiger partial charge < -0.3 is 10.1 Å². The molecule has 0 atom stereocenters. The number of rotatable bonds is 4. The molecule has 1 aromatic carbocycles. The molecule has 0 radical (unpaired) electrons. The maximum Gasteiger partial charge on any atom is 0.248 e. The summed E-state index contributed by atoms with van der Waals surface area (Å²) >= 11 is 1.59. The molecule has 0 aliphatic carbocycles. The Morgan fingerprint density at radius 3 is 3.00 bits per heavy atom. The second kappa shape index (κ2) is 6.41. The van der Waals surface area contributed by atoms with E-state index in [1.165, 1.54) is 6.08 Å². The molecule has 0 unspecified atom stereocenters. The van der Waals surface area contributed by atoms with Gasteiger partial charge in [0.05, 0.1) is 24.5 Å². The number of hydrogen-bond donors (Lipinski definition) is 1. The van der Waals surface area contributed by atoms with Crippen LogP contribution in [0.5, 0.6) is 5.75 Å². The van der Waals surface area contributed by atoms with Crippen LogP contribution in [0.2, 0.25) is 0 Å². The number of carbonyl (C=O) groups is 1. The van der Waals surface area contributed by atoms with Gasteiger partial charge in [0.25, 0.3) is 0 Å². The lowest BCUT2D eigenvalue weighted by Crippen LogP contribution is -2.07. The summed E-state index contributed by atoms with van der Waals surface area (Å²) in [6, 6.07) is 11.4. The van der Waals surface area contributed by atoms with Crippen LogP contribution in [0.4, 0.5) is 5.69 Å². The van der Waals surface area contributed by atoms with Crippen molar-refractivity contribution in [2.75, 3.05) is 12.4 Å². The monoisotopic (exact) mass is 310 g/mol. The molecule has 0 spiro atoms. The molecule has 2 aromatic heterocycles. The van der Waals surface area contributed by atoms with Gasteiger partial charge in [-0.2, -0.15) is 0 Å². The molecule has 0 aliphatic rings. The first kappa shape index (κ1) is 14.3. The minimum Gasteiger partial charge on any atom is -0.497 e. The molecule has 1 amide bonds. The number of nitrogens with one attached hydrogen (secondary N) is 1. The van der Waals surface area contributed by atoms with E-state index in [-0.39, 0.29) is 5.91 Å². The van der Waals surface area contributed by atoms with Crippen LogP contribution in [0, 0.1) is 0 Å². The van der Waals surface area contributed by atoms with Crippen molar-refractivity contribution in [1.29, 1.82) is 0 Å². The number of methoxy groups -OCH3 is 1. The average molecular weight is 310 g/mol. The molecule has 110 valence electrons. The summed E-state index contributed by atoms with van der Waals surface area (Å²) in [7, 11) is 1.62. The van der Waals surface area contributed by atoms with E-state index in [2.05, 4.69) is 10.3 Å². The summed E-state index contributed by atoms with van der Waals surface area (Å²) < 4.78 is 5.17. The number of fused-ring (bicyclic) bond motifs is 1. The summed E-state index contributed by atoms with van der Waals surface area (Å²) in [6.07, 6.45) is 4.95. The zero-order valence-electron chi connectivity index (χ0n) is 11.9. The van der Waals surface area contributed by atoms with E-state index in [0.29, 0.717) is 5.69 Å². The van der Waals surface area contributed by atoms with Crippen LogP contribution in [0.15, 0.2) is 54.1 Å². The van der Waals surface area contributed by atoms with Gasteiger partial charge in [-0.1, -0.05) is 6.07 Å². The quantitative estimate of drug-likeness (QED) is 0.742. The lowest BCUT2D eigenvalue weighted by Gasteiger charge is -2.05. The highest BCUT2D eigenvalue weighted by Crippen LogP contribution is 2.21. The summed E-state index contributed by atoms with van der Waals surface area (Å²) in [5, 5.41) is 5.73. The van der Waals surface area contributed by atoms with Crippen LogP contribution in [0.1, 0.15) is 4.88 Å². The summed E-state index contributed by atoms with van der Waals surface area (Å²) in [4.78, 5) is 17.3. The van der Waals surface area contributed by atoms with Crippen LogP contribution in [0.3, 0.4) is 0 Å². The number of benzene rings is 1. The van der Waals surface area contributed by atoms with E-state index in [9.17, 15) is 4.79 Å². The first-order chi connectivity index (χ1) is 10.7. The van der Waals surface area contributed by atoms with Gasteiger partial charge >= 0.3 is 0 Å². The zero-order valence-corrected chi connectivity index (χ0v) is 12.8. The Bertz CT molecular complexity index is 826. The molecule has 2 heterocycles. The van der Waals surface area contributed by atoms with Gasteiger partial charge in [-0.3, -0.25) is 9.78 Å². The molecule has 0 aliphatic heterocycles. The number of amides is 1. The molecule has 5 heteroatoms. The first-order valence-corrected chi connectivity index (χ1v) is 7.59. The van der Waals surface area contributed by atoms with Crippen LogP contribution in [-0.2, 0) is 4.79 Å². The number of anilines is 1. The first-order valence-electron chi connectivity index (χ1n) is 6.71. The molecule has 3 rings (SSSR count). The highest BCUT2D eigenvalue weighted by atomic mass is 32.1. The maximum absolute atomic E-state index is 11.9. The molecule has 22 heavy (non-hydrogen) atoms. The van der Waals surface area contributed by atoms with Gasteiger partial charge in [-0.05, 0) is 35.7 Å². The van der Waals surface area contributed by atoms with Gasteiger partial charge in [0.1, 0.15) is 5.75 Å². The minimum absolute atomic E-state index is 0.178. The number of carbonyl (C=O) groups excluding carboxylic acids is 1. The highest BCUT2D eigenvalue weighted by Gasteiger charge is 2.02. The van der Waals surface area contributed by atoms with Crippen molar-refractivity contribution in [2.24, 2.45) is 0 Å². The van der Waals surface area contributed by atoms with E-state index < -0.39 is 0 Å². The largest absolute Gasteiger partial charge is 0.497 e. The molecule has 4 nitrogen and oxygen atoms in total. The van der Waals surface area contributed by atoms with Gasteiger partial charge in [0, 0.05) is 22.4 Å². The predicted octanol–water partition coefficient (Wildman–Crippen LogP) is 3.96. The van der Waals surface area contributed by atoms with E-state index in [1.807, 2.05) is 41.8 Å². The fourth-order valence-corrected chi connectivity index (χ4v) is 2.64. The van der Waals surface area contributed by atoms with E-state index in [1.54, 1.807) is 30.7 Å². The Morgan fingerprint density at radius 2 is 2.23 bits per heavy atom. The highest BCUT2D eigenvalue weighted by molar-refractivity contribution is 7.10. The van der Waals surface area contributed by atoms with Crippen LogP contribution in [-0.4, -0.2) is 18.0 Å². The van der Waals surface area contributed by atoms with Gasteiger partial charge in [0.15, 0.2) is 0 Å². The van der Waals surface area contributed by atoms with E-state index in [0.717, 1.165) is 21.5 Å². The standard InChI is InChI=1S/C17H14N2O2S/c1-21-14-5-4-12-9-13(11-18-16(12)10-14)19-17(20)7-6-15-3-2-8-22-15/h2-11H,1H3,(H,19,20)/b7-6+. The Hall–Kier alpha value is -2.66. The Kier molecular flexibility index (Phi) is 4.16. The number of hydrogen-bond acceptors (Lipinski definition) is 4. The summed E-state index contributed by atoms with van der Waals surface area (Å²) in [5.41, 5.74) is 1.49. The lowest BCUT2D eigenvalue weighted by atomic mass is 10.2. The second-order valence-corrected chi connectivity index (χ2v) is 5.60. The molecular formula is C17H14N2O2S. The van der Waals surface area contributed by atoms with Gasteiger partial charge in [-0.15, -0.1) is 11.3 Å². The van der Waals surface area contributed by atoms with Crippen LogP contribution >= 0.6 is 11.3 Å². The Balaban J connectivity index is 1.74. The number of pyridine rings is 1. The molecule has 0 bridgehead atoms. The number of thiophene rings is 1.